The van der Waals surface area contributed by atoms with Crippen LogP contribution in [0.1, 0.15) is 18.9 Å². The molecule has 0 spiro atoms. The number of pyridine rings is 1. The van der Waals surface area contributed by atoms with E-state index >= 15 is 0 Å². The van der Waals surface area contributed by atoms with Crippen LogP contribution in [0, 0.1) is 5.92 Å². The number of ether oxygens (including phenoxy) is 2. The number of aliphatic hydroxyl groups is 1. The van der Waals surface area contributed by atoms with Crippen LogP contribution < -0.4 is 25.8 Å². The highest BCUT2D eigenvalue weighted by Gasteiger charge is 2.51. The lowest BCUT2D eigenvalue weighted by Gasteiger charge is -2.41. The number of hydrazine groups is 1. The van der Waals surface area contributed by atoms with Crippen LogP contribution in [0.3, 0.4) is 0 Å². The quantitative estimate of drug-likeness (QED) is 0.338. The summed E-state index contributed by atoms with van der Waals surface area (Å²) in [5, 5.41) is 13.1. The van der Waals surface area contributed by atoms with Crippen LogP contribution in [0.5, 0.6) is 5.75 Å². The summed E-state index contributed by atoms with van der Waals surface area (Å²) in [5.74, 6) is -3.79. The minimum Gasteiger partial charge on any atom is -0.490 e. The average Bonchev–Trinajstić information content (AvgIpc) is 3.05. The molecule has 11 nitrogen and oxygen atoms in total. The summed E-state index contributed by atoms with van der Waals surface area (Å²) in [6.07, 6.45) is -9.70. The molecular formula is C23H30F6N6O5. The number of amides is 2. The van der Waals surface area contributed by atoms with Crippen LogP contribution in [-0.4, -0.2) is 103 Å². The second-order valence-electron chi connectivity index (χ2n) is 9.93. The number of carbonyl (C=O) groups excluding carboxylic acids is 2. The van der Waals surface area contributed by atoms with E-state index < -0.39 is 60.4 Å². The van der Waals surface area contributed by atoms with Crippen LogP contribution >= 0.6 is 0 Å². The van der Waals surface area contributed by atoms with Gasteiger partial charge in [-0.05, 0) is 13.0 Å². The molecule has 4 heterocycles. The van der Waals surface area contributed by atoms with Gasteiger partial charge in [-0.15, -0.1) is 0 Å². The summed E-state index contributed by atoms with van der Waals surface area (Å²) in [5.41, 5.74) is 3.45. The molecule has 1 aromatic rings. The number of fused-ring (bicyclic) bond motifs is 3. The average molecular weight is 585 g/mol. The fraction of sp³-hybridized carbons (Fsp3) is 0.696. The van der Waals surface area contributed by atoms with E-state index in [1.807, 2.05) is 5.43 Å². The summed E-state index contributed by atoms with van der Waals surface area (Å²) in [4.78, 5) is 31.7. The Labute approximate surface area is 225 Å². The number of nitrogens with one attached hydrogen (secondary N) is 3. The van der Waals surface area contributed by atoms with Crippen molar-refractivity contribution in [1.82, 2.24) is 26.1 Å². The molecule has 3 aliphatic heterocycles. The Balaban J connectivity index is 1.27. The molecule has 3 aliphatic rings. The molecule has 2 saturated heterocycles. The zero-order chi connectivity index (χ0) is 29.2. The zero-order valence-corrected chi connectivity index (χ0v) is 21.4. The standard InChI is InChI=1S/C23H30F6N6O5/c1-12(32-15-8-31-33-20(37)18(15)23(27,28)29)10-39-11-16(36)21(38)34-3-4-35-14(9-34)2-5-40-17-6-13(22(24,25)26)7-30-19(17)35/h6-7,12,14-16,18,31-32,36H,2-5,8-11H2,1H3,(H,33,37)/t12-,14+,15?,16-,18?/m0/s1. The summed E-state index contributed by atoms with van der Waals surface area (Å²) in [6, 6.07) is -1.27. The number of nitrogens with zero attached hydrogens (tertiary/aromatic N) is 3. The van der Waals surface area contributed by atoms with E-state index in [0.29, 0.717) is 6.42 Å². The Morgan fingerprint density at radius 2 is 2.02 bits per heavy atom. The van der Waals surface area contributed by atoms with Crippen LogP contribution in [0.4, 0.5) is 32.2 Å². The van der Waals surface area contributed by atoms with Crippen molar-refractivity contribution < 1.29 is 50.5 Å². The topological polar surface area (TPSA) is 128 Å². The predicted molar refractivity (Wildman–Crippen MR) is 126 cm³/mol. The number of hydrogen-bond donors (Lipinski definition) is 4. The number of rotatable bonds is 7. The maximum Gasteiger partial charge on any atom is 0.418 e. The van der Waals surface area contributed by atoms with Gasteiger partial charge in [-0.2, -0.15) is 26.3 Å². The number of alkyl halides is 6. The minimum atomic E-state index is -4.75. The fourth-order valence-electron chi connectivity index (χ4n) is 5.01. The molecule has 0 bridgehead atoms. The molecule has 2 amide bonds. The molecule has 0 aliphatic carbocycles. The van der Waals surface area contributed by atoms with Crippen molar-refractivity contribution in [3.05, 3.63) is 17.8 Å². The van der Waals surface area contributed by atoms with E-state index in [1.165, 1.54) is 4.90 Å². The summed E-state index contributed by atoms with van der Waals surface area (Å²) in [7, 11) is 0. The number of halogens is 6. The molecule has 2 unspecified atom stereocenters. The van der Waals surface area contributed by atoms with Gasteiger partial charge in [0.05, 0.1) is 31.4 Å². The third-order valence-electron chi connectivity index (χ3n) is 6.93. The van der Waals surface area contributed by atoms with Crippen LogP contribution in [0.15, 0.2) is 12.3 Å². The number of hydrogen-bond acceptors (Lipinski definition) is 9. The van der Waals surface area contributed by atoms with Crippen molar-refractivity contribution in [1.29, 1.82) is 0 Å². The van der Waals surface area contributed by atoms with E-state index in [9.17, 15) is 41.0 Å². The third kappa shape index (κ3) is 6.87. The van der Waals surface area contributed by atoms with Gasteiger partial charge >= 0.3 is 12.4 Å². The first kappa shape index (κ1) is 30.1. The molecule has 4 rings (SSSR count). The lowest BCUT2D eigenvalue weighted by atomic mass is 9.96. The lowest BCUT2D eigenvalue weighted by Crippen LogP contribution is -2.65. The summed E-state index contributed by atoms with van der Waals surface area (Å²) >= 11 is 0. The van der Waals surface area contributed by atoms with Gasteiger partial charge in [0.1, 0.15) is 0 Å². The molecular weight excluding hydrogens is 554 g/mol. The number of aliphatic hydroxyl groups excluding tert-OH is 1. The van der Waals surface area contributed by atoms with Gasteiger partial charge in [0.2, 0.25) is 5.91 Å². The van der Waals surface area contributed by atoms with Crippen molar-refractivity contribution in [2.75, 3.05) is 50.9 Å². The van der Waals surface area contributed by atoms with E-state index in [2.05, 4.69) is 15.7 Å². The largest absolute Gasteiger partial charge is 0.490 e. The van der Waals surface area contributed by atoms with Crippen molar-refractivity contribution in [3.63, 3.8) is 0 Å². The highest BCUT2D eigenvalue weighted by Crippen LogP contribution is 2.38. The van der Waals surface area contributed by atoms with Gasteiger partial charge in [-0.25, -0.2) is 10.4 Å². The van der Waals surface area contributed by atoms with Crippen molar-refractivity contribution >= 4 is 17.6 Å². The van der Waals surface area contributed by atoms with Gasteiger partial charge in [0.15, 0.2) is 23.6 Å². The van der Waals surface area contributed by atoms with E-state index in [4.69, 9.17) is 9.47 Å². The first-order valence-corrected chi connectivity index (χ1v) is 12.6. The van der Waals surface area contributed by atoms with E-state index in [0.717, 1.165) is 12.3 Å². The van der Waals surface area contributed by atoms with Gasteiger partial charge in [0.25, 0.3) is 5.91 Å². The predicted octanol–water partition coefficient (Wildman–Crippen LogP) is 0.437. The monoisotopic (exact) mass is 584 g/mol. The van der Waals surface area contributed by atoms with Gasteiger partial charge < -0.3 is 29.7 Å². The second-order valence-corrected chi connectivity index (χ2v) is 9.93. The van der Waals surface area contributed by atoms with E-state index in [1.54, 1.807) is 11.8 Å². The Morgan fingerprint density at radius 1 is 1.27 bits per heavy atom. The molecule has 0 radical (unpaired) electrons. The maximum absolute atomic E-state index is 13.3. The number of aromatic nitrogens is 1. The lowest BCUT2D eigenvalue weighted by molar-refractivity contribution is -0.193. The summed E-state index contributed by atoms with van der Waals surface area (Å²) in [6.45, 7) is 1.55. The molecule has 4 N–H and O–H groups in total. The normalized spacial score (nSPS) is 25.2. The molecule has 1 aromatic heterocycles. The smallest absolute Gasteiger partial charge is 0.418 e. The van der Waals surface area contributed by atoms with E-state index in [-0.39, 0.29) is 57.0 Å². The summed E-state index contributed by atoms with van der Waals surface area (Å²) < 4.78 is 89.9. The third-order valence-corrected chi connectivity index (χ3v) is 6.93. The molecule has 5 atom stereocenters. The molecule has 2 fully saturated rings. The van der Waals surface area contributed by atoms with Crippen LogP contribution in [-0.2, 0) is 20.5 Å². The second kappa shape index (κ2) is 11.9. The minimum absolute atomic E-state index is 0.0134. The van der Waals surface area contributed by atoms with Gasteiger partial charge in [-0.1, -0.05) is 0 Å². The first-order valence-electron chi connectivity index (χ1n) is 12.6. The Kier molecular flexibility index (Phi) is 8.96. The molecule has 17 heteroatoms. The number of carbonyl (C=O) groups is 2. The number of piperazine rings is 1. The van der Waals surface area contributed by atoms with Crippen LogP contribution in [0.2, 0.25) is 0 Å². The first-order chi connectivity index (χ1) is 18.8. The van der Waals surface area contributed by atoms with Crippen molar-refractivity contribution in [3.8, 4) is 5.75 Å². The fourth-order valence-corrected chi connectivity index (χ4v) is 5.01. The zero-order valence-electron chi connectivity index (χ0n) is 21.4. The van der Waals surface area contributed by atoms with Gasteiger partial charge in [0, 0.05) is 50.9 Å². The molecule has 0 aromatic carbocycles. The van der Waals surface area contributed by atoms with Crippen LogP contribution in [0.25, 0.3) is 0 Å². The highest BCUT2D eigenvalue weighted by molar-refractivity contribution is 5.81. The molecule has 224 valence electrons. The molecule has 0 saturated carbocycles. The maximum atomic E-state index is 13.3. The SMILES string of the molecule is C[C@@H](COC[C@H](O)C(=O)N1CCN2c3ncc(C(F)(F)F)cc3OCC[C@@H]2C1)NC1CNNC(=O)C1C(F)(F)F. The van der Waals surface area contributed by atoms with Gasteiger partial charge in [-0.3, -0.25) is 15.0 Å². The Bertz CT molecular complexity index is 1080. The number of anilines is 1. The molecule has 40 heavy (non-hydrogen) atoms. The Morgan fingerprint density at radius 3 is 2.73 bits per heavy atom. The van der Waals surface area contributed by atoms with Crippen molar-refractivity contribution in [2.45, 2.75) is 49.9 Å². The Hall–Kier alpha value is -2.89. The van der Waals surface area contributed by atoms with Crippen molar-refractivity contribution in [2.24, 2.45) is 5.92 Å². The highest BCUT2D eigenvalue weighted by atomic mass is 19.4.